The van der Waals surface area contributed by atoms with E-state index >= 15 is 0 Å². The van der Waals surface area contributed by atoms with E-state index in [0.29, 0.717) is 13.1 Å². The highest BCUT2D eigenvalue weighted by Gasteiger charge is 2.29. The largest absolute Gasteiger partial charge is 0.496 e. The van der Waals surface area contributed by atoms with E-state index < -0.39 is 0 Å². The van der Waals surface area contributed by atoms with Gasteiger partial charge in [0.1, 0.15) is 5.75 Å². The number of amides is 3. The van der Waals surface area contributed by atoms with Crippen molar-refractivity contribution in [3.63, 3.8) is 0 Å². The van der Waals surface area contributed by atoms with Crippen LogP contribution in [0.4, 0.5) is 4.79 Å². The number of methoxy groups -OCH3 is 1. The molecule has 1 aromatic rings. The fourth-order valence-electron chi connectivity index (χ4n) is 3.96. The van der Waals surface area contributed by atoms with Crippen molar-refractivity contribution >= 4 is 11.9 Å². The van der Waals surface area contributed by atoms with E-state index in [2.05, 4.69) is 17.4 Å². The second-order valence-electron chi connectivity index (χ2n) is 7.47. The molecule has 142 valence electrons. The normalized spacial score (nSPS) is 19.0. The number of likely N-dealkylation sites (tertiary alicyclic amines) is 1. The molecule has 3 amide bonds. The summed E-state index contributed by atoms with van der Waals surface area (Å²) in [5.41, 5.74) is 3.76. The van der Waals surface area contributed by atoms with E-state index in [4.69, 9.17) is 4.74 Å². The monoisotopic (exact) mass is 359 g/mol. The molecule has 1 aromatic carbocycles. The van der Waals surface area contributed by atoms with Crippen LogP contribution < -0.4 is 10.1 Å². The lowest BCUT2D eigenvalue weighted by Gasteiger charge is -2.33. The first-order valence-corrected chi connectivity index (χ1v) is 9.42. The lowest BCUT2D eigenvalue weighted by molar-refractivity contribution is -0.126. The van der Waals surface area contributed by atoms with Crippen molar-refractivity contribution in [2.24, 2.45) is 5.92 Å². The van der Waals surface area contributed by atoms with Gasteiger partial charge in [-0.15, -0.1) is 0 Å². The number of fused-ring (bicyclic) bond motifs is 1. The molecule has 1 heterocycles. The Bertz CT molecular complexity index is 687. The van der Waals surface area contributed by atoms with Crippen LogP contribution in [-0.2, 0) is 24.2 Å². The zero-order valence-corrected chi connectivity index (χ0v) is 16.0. The van der Waals surface area contributed by atoms with Gasteiger partial charge in [-0.3, -0.25) is 4.79 Å². The number of nitrogens with one attached hydrogen (secondary N) is 1. The zero-order chi connectivity index (χ0) is 18.7. The Morgan fingerprint density at radius 3 is 2.65 bits per heavy atom. The van der Waals surface area contributed by atoms with Crippen LogP contribution in [0.3, 0.4) is 0 Å². The summed E-state index contributed by atoms with van der Waals surface area (Å²) in [7, 11) is 5.16. The van der Waals surface area contributed by atoms with E-state index in [1.165, 1.54) is 17.5 Å². The van der Waals surface area contributed by atoms with Crippen LogP contribution in [-0.4, -0.2) is 56.0 Å². The highest BCUT2D eigenvalue weighted by molar-refractivity contribution is 5.80. The lowest BCUT2D eigenvalue weighted by atomic mass is 9.97. The SMILES string of the molecule is COc1cc2c(cc1CNC(=O)C1CCCN(C(=O)N(C)C)C1)CCC2. The van der Waals surface area contributed by atoms with Gasteiger partial charge in [-0.2, -0.15) is 0 Å². The molecule has 1 aliphatic heterocycles. The summed E-state index contributed by atoms with van der Waals surface area (Å²) < 4.78 is 5.51. The summed E-state index contributed by atoms with van der Waals surface area (Å²) in [6, 6.07) is 4.26. The summed E-state index contributed by atoms with van der Waals surface area (Å²) in [6.45, 7) is 1.68. The van der Waals surface area contributed by atoms with Gasteiger partial charge in [0.25, 0.3) is 0 Å². The molecular formula is C20H29N3O3. The third-order valence-corrected chi connectivity index (χ3v) is 5.39. The minimum absolute atomic E-state index is 0.0174. The van der Waals surface area contributed by atoms with Gasteiger partial charge in [0.05, 0.1) is 13.0 Å². The molecule has 0 bridgehead atoms. The van der Waals surface area contributed by atoms with E-state index in [1.54, 1.807) is 31.0 Å². The van der Waals surface area contributed by atoms with E-state index in [1.807, 2.05) is 0 Å². The van der Waals surface area contributed by atoms with Gasteiger partial charge in [-0.25, -0.2) is 4.79 Å². The maximum Gasteiger partial charge on any atom is 0.319 e. The van der Waals surface area contributed by atoms with Crippen LogP contribution in [0.2, 0.25) is 0 Å². The summed E-state index contributed by atoms with van der Waals surface area (Å²) in [4.78, 5) is 28.1. The van der Waals surface area contributed by atoms with Crippen molar-refractivity contribution in [2.45, 2.75) is 38.6 Å². The van der Waals surface area contributed by atoms with Crippen LogP contribution in [0.1, 0.15) is 36.0 Å². The topological polar surface area (TPSA) is 61.9 Å². The summed E-state index contributed by atoms with van der Waals surface area (Å²) in [5.74, 6) is 0.718. The van der Waals surface area contributed by atoms with Gasteiger partial charge < -0.3 is 19.9 Å². The fourth-order valence-corrected chi connectivity index (χ4v) is 3.96. The van der Waals surface area contributed by atoms with E-state index in [9.17, 15) is 9.59 Å². The number of ether oxygens (including phenoxy) is 1. The van der Waals surface area contributed by atoms with Crippen molar-refractivity contribution in [3.05, 3.63) is 28.8 Å². The highest BCUT2D eigenvalue weighted by atomic mass is 16.5. The molecule has 1 aliphatic carbocycles. The highest BCUT2D eigenvalue weighted by Crippen LogP contribution is 2.30. The Morgan fingerprint density at radius 2 is 1.96 bits per heavy atom. The molecule has 1 atom stereocenters. The zero-order valence-electron chi connectivity index (χ0n) is 16.0. The minimum atomic E-state index is -0.145. The number of nitrogens with zero attached hydrogens (tertiary/aromatic N) is 2. The Hall–Kier alpha value is -2.24. The standard InChI is InChI=1S/C20H29N3O3/c1-22(2)20(25)23-9-5-8-16(13-23)19(24)21-12-17-10-14-6-4-7-15(14)11-18(17)26-3/h10-11,16H,4-9,12-13H2,1-3H3,(H,21,24). The minimum Gasteiger partial charge on any atom is -0.496 e. The number of piperidine rings is 1. The van der Waals surface area contributed by atoms with Gasteiger partial charge in [0.15, 0.2) is 0 Å². The maximum absolute atomic E-state index is 12.6. The number of hydrogen-bond donors (Lipinski definition) is 1. The average molecular weight is 359 g/mol. The molecule has 0 spiro atoms. The molecule has 26 heavy (non-hydrogen) atoms. The number of urea groups is 1. The van der Waals surface area contributed by atoms with Crippen molar-refractivity contribution in [3.8, 4) is 5.75 Å². The molecule has 0 saturated carbocycles. The number of benzene rings is 1. The first kappa shape index (κ1) is 18.5. The van der Waals surface area contributed by atoms with Crippen LogP contribution in [0, 0.1) is 5.92 Å². The van der Waals surface area contributed by atoms with Gasteiger partial charge in [-0.05, 0) is 49.3 Å². The van der Waals surface area contributed by atoms with Gasteiger partial charge in [0, 0.05) is 39.3 Å². The summed E-state index contributed by atoms with van der Waals surface area (Å²) in [6.07, 6.45) is 5.08. The van der Waals surface area contributed by atoms with Crippen molar-refractivity contribution in [1.82, 2.24) is 15.1 Å². The third kappa shape index (κ3) is 3.94. The quantitative estimate of drug-likeness (QED) is 0.896. The predicted molar refractivity (Wildman–Crippen MR) is 100 cm³/mol. The number of rotatable bonds is 4. The van der Waals surface area contributed by atoms with Crippen LogP contribution in [0.15, 0.2) is 12.1 Å². The number of carbonyl (C=O) groups is 2. The maximum atomic E-state index is 12.6. The molecular weight excluding hydrogens is 330 g/mol. The van der Waals surface area contributed by atoms with E-state index in [-0.39, 0.29) is 17.9 Å². The predicted octanol–water partition coefficient (Wildman–Crippen LogP) is 2.19. The summed E-state index contributed by atoms with van der Waals surface area (Å²) in [5, 5.41) is 3.05. The smallest absolute Gasteiger partial charge is 0.319 e. The molecule has 6 nitrogen and oxygen atoms in total. The van der Waals surface area contributed by atoms with Crippen molar-refractivity contribution in [2.75, 3.05) is 34.3 Å². The molecule has 0 aromatic heterocycles. The molecule has 1 saturated heterocycles. The van der Waals surface area contributed by atoms with Crippen LogP contribution >= 0.6 is 0 Å². The number of carbonyl (C=O) groups excluding carboxylic acids is 2. The van der Waals surface area contributed by atoms with Crippen molar-refractivity contribution in [1.29, 1.82) is 0 Å². The molecule has 1 unspecified atom stereocenters. The summed E-state index contributed by atoms with van der Waals surface area (Å²) >= 11 is 0. The second kappa shape index (κ2) is 7.98. The van der Waals surface area contributed by atoms with Gasteiger partial charge >= 0.3 is 6.03 Å². The number of aryl methyl sites for hydroxylation is 2. The molecule has 0 radical (unpaired) electrons. The fraction of sp³-hybridized carbons (Fsp3) is 0.600. The Kier molecular flexibility index (Phi) is 5.69. The molecule has 2 aliphatic rings. The van der Waals surface area contributed by atoms with Crippen molar-refractivity contribution < 1.29 is 14.3 Å². The first-order chi connectivity index (χ1) is 12.5. The van der Waals surface area contributed by atoms with Crippen LogP contribution in [0.25, 0.3) is 0 Å². The van der Waals surface area contributed by atoms with Gasteiger partial charge in [0.2, 0.25) is 5.91 Å². The third-order valence-electron chi connectivity index (χ3n) is 5.39. The Labute approximate surface area is 155 Å². The van der Waals surface area contributed by atoms with Crippen LogP contribution in [0.5, 0.6) is 5.75 Å². The van der Waals surface area contributed by atoms with E-state index in [0.717, 1.165) is 43.5 Å². The average Bonchev–Trinajstić information content (AvgIpc) is 3.11. The number of hydrogen-bond acceptors (Lipinski definition) is 3. The Morgan fingerprint density at radius 1 is 1.23 bits per heavy atom. The lowest BCUT2D eigenvalue weighted by Crippen LogP contribution is -2.48. The Balaban J connectivity index is 1.61. The second-order valence-corrected chi connectivity index (χ2v) is 7.47. The molecule has 6 heteroatoms. The molecule has 3 rings (SSSR count). The molecule has 1 N–H and O–H groups in total. The molecule has 1 fully saturated rings. The van der Waals surface area contributed by atoms with Gasteiger partial charge in [-0.1, -0.05) is 6.07 Å². The first-order valence-electron chi connectivity index (χ1n) is 9.42.